The molecule has 33 heavy (non-hydrogen) atoms. The zero-order chi connectivity index (χ0) is 23.4. The SMILES string of the molecule is CNS(=O)(=O)Cc1ccc(CNC(=O)C2CC3CCCCC3N2C(=O)c2ccccc2)cc1. The lowest BCUT2D eigenvalue weighted by molar-refractivity contribution is -0.125. The third-order valence-electron chi connectivity index (χ3n) is 6.80. The van der Waals surface area contributed by atoms with Crippen LogP contribution in [0.4, 0.5) is 0 Å². The molecule has 4 rings (SSSR count). The average molecular weight is 470 g/mol. The van der Waals surface area contributed by atoms with Gasteiger partial charge in [0.15, 0.2) is 0 Å². The number of benzene rings is 2. The smallest absolute Gasteiger partial charge is 0.254 e. The van der Waals surface area contributed by atoms with Gasteiger partial charge in [-0.25, -0.2) is 13.1 Å². The summed E-state index contributed by atoms with van der Waals surface area (Å²) in [5.74, 6) is 0.0868. The number of amides is 2. The van der Waals surface area contributed by atoms with Crippen molar-refractivity contribution >= 4 is 21.8 Å². The minimum Gasteiger partial charge on any atom is -0.350 e. The molecule has 7 nitrogen and oxygen atoms in total. The van der Waals surface area contributed by atoms with E-state index < -0.39 is 16.1 Å². The standard InChI is InChI=1S/C25H31N3O4S/c1-26-33(31,32)17-19-13-11-18(12-14-19)16-27-24(29)23-15-21-9-5-6-10-22(21)28(23)25(30)20-7-3-2-4-8-20/h2-4,7-8,11-14,21-23,26H,5-6,9-10,15-17H2,1H3,(H,27,29). The molecular weight excluding hydrogens is 438 g/mol. The van der Waals surface area contributed by atoms with E-state index in [2.05, 4.69) is 10.0 Å². The highest BCUT2D eigenvalue weighted by Crippen LogP contribution is 2.40. The molecule has 3 unspecified atom stereocenters. The van der Waals surface area contributed by atoms with Crippen LogP contribution in [0.2, 0.25) is 0 Å². The number of carbonyl (C=O) groups excluding carboxylic acids is 2. The average Bonchev–Trinajstić information content (AvgIpc) is 3.23. The van der Waals surface area contributed by atoms with Gasteiger partial charge in [0.2, 0.25) is 15.9 Å². The maximum absolute atomic E-state index is 13.4. The second-order valence-corrected chi connectivity index (χ2v) is 10.9. The van der Waals surface area contributed by atoms with E-state index in [9.17, 15) is 18.0 Å². The molecule has 1 heterocycles. The highest BCUT2D eigenvalue weighted by molar-refractivity contribution is 7.88. The lowest BCUT2D eigenvalue weighted by Crippen LogP contribution is -2.49. The molecule has 1 aliphatic carbocycles. The molecule has 2 aromatic rings. The third kappa shape index (κ3) is 5.45. The normalized spacial score (nSPS) is 22.6. The molecule has 1 aliphatic heterocycles. The van der Waals surface area contributed by atoms with Gasteiger partial charge in [-0.15, -0.1) is 0 Å². The molecule has 0 spiro atoms. The van der Waals surface area contributed by atoms with Gasteiger partial charge < -0.3 is 10.2 Å². The van der Waals surface area contributed by atoms with Gasteiger partial charge in [0.1, 0.15) is 6.04 Å². The highest BCUT2D eigenvalue weighted by Gasteiger charge is 2.47. The van der Waals surface area contributed by atoms with E-state index in [1.165, 1.54) is 7.05 Å². The van der Waals surface area contributed by atoms with Crippen LogP contribution in [0.15, 0.2) is 54.6 Å². The first-order valence-corrected chi connectivity index (χ1v) is 13.2. The second kappa shape index (κ2) is 10.1. The van der Waals surface area contributed by atoms with Crippen molar-refractivity contribution in [2.45, 2.75) is 56.5 Å². The predicted octanol–water partition coefficient (Wildman–Crippen LogP) is 2.83. The minimum atomic E-state index is -3.33. The summed E-state index contributed by atoms with van der Waals surface area (Å²) in [5, 5.41) is 3.00. The van der Waals surface area contributed by atoms with Crippen LogP contribution in [-0.2, 0) is 27.1 Å². The molecule has 0 radical (unpaired) electrons. The summed E-state index contributed by atoms with van der Waals surface area (Å²) < 4.78 is 25.7. The van der Waals surface area contributed by atoms with Crippen LogP contribution in [0.5, 0.6) is 0 Å². The summed E-state index contributed by atoms with van der Waals surface area (Å²) in [6, 6.07) is 16.0. The van der Waals surface area contributed by atoms with Crippen LogP contribution in [0.25, 0.3) is 0 Å². The number of sulfonamides is 1. The van der Waals surface area contributed by atoms with Gasteiger partial charge in [-0.2, -0.15) is 0 Å². The van der Waals surface area contributed by atoms with Crippen molar-refractivity contribution in [1.29, 1.82) is 0 Å². The van der Waals surface area contributed by atoms with Crippen molar-refractivity contribution in [2.75, 3.05) is 7.05 Å². The Hall–Kier alpha value is -2.71. The van der Waals surface area contributed by atoms with Crippen LogP contribution in [0, 0.1) is 5.92 Å². The molecule has 3 atom stereocenters. The molecule has 1 saturated heterocycles. The van der Waals surface area contributed by atoms with E-state index >= 15 is 0 Å². The number of fused-ring (bicyclic) bond motifs is 1. The molecule has 2 amide bonds. The zero-order valence-corrected chi connectivity index (χ0v) is 19.7. The number of hydrogen-bond donors (Lipinski definition) is 2. The molecule has 0 bridgehead atoms. The largest absolute Gasteiger partial charge is 0.350 e. The molecule has 2 aromatic carbocycles. The quantitative estimate of drug-likeness (QED) is 0.652. The van der Waals surface area contributed by atoms with Gasteiger partial charge in [-0.3, -0.25) is 9.59 Å². The second-order valence-electron chi connectivity index (χ2n) is 8.94. The Morgan fingerprint density at radius 3 is 2.33 bits per heavy atom. The number of rotatable bonds is 7. The van der Waals surface area contributed by atoms with Crippen molar-refractivity contribution in [1.82, 2.24) is 14.9 Å². The highest BCUT2D eigenvalue weighted by atomic mass is 32.2. The van der Waals surface area contributed by atoms with E-state index in [-0.39, 0.29) is 23.6 Å². The molecule has 0 aromatic heterocycles. The lowest BCUT2D eigenvalue weighted by atomic mass is 9.84. The fourth-order valence-electron chi connectivity index (χ4n) is 5.07. The topological polar surface area (TPSA) is 95.6 Å². The first-order valence-electron chi connectivity index (χ1n) is 11.5. The van der Waals surface area contributed by atoms with Crippen LogP contribution in [-0.4, -0.2) is 44.3 Å². The Morgan fingerprint density at radius 2 is 1.64 bits per heavy atom. The zero-order valence-electron chi connectivity index (χ0n) is 18.9. The van der Waals surface area contributed by atoms with E-state index in [0.29, 0.717) is 30.0 Å². The van der Waals surface area contributed by atoms with Crippen LogP contribution in [0.1, 0.15) is 53.6 Å². The van der Waals surface area contributed by atoms with Gasteiger partial charge in [0, 0.05) is 18.2 Å². The van der Waals surface area contributed by atoms with Gasteiger partial charge >= 0.3 is 0 Å². The molecule has 2 aliphatic rings. The van der Waals surface area contributed by atoms with Gasteiger partial charge in [0.05, 0.1) is 5.75 Å². The molecule has 2 fully saturated rings. The number of likely N-dealkylation sites (tertiary alicyclic amines) is 1. The molecular formula is C25H31N3O4S. The summed E-state index contributed by atoms with van der Waals surface area (Å²) in [5.41, 5.74) is 2.18. The maximum Gasteiger partial charge on any atom is 0.254 e. The van der Waals surface area contributed by atoms with Gasteiger partial charge in [0.25, 0.3) is 5.91 Å². The first kappa shape index (κ1) is 23.4. The predicted molar refractivity (Wildman–Crippen MR) is 127 cm³/mol. The summed E-state index contributed by atoms with van der Waals surface area (Å²) >= 11 is 0. The first-order chi connectivity index (χ1) is 15.9. The molecule has 1 saturated carbocycles. The van der Waals surface area contributed by atoms with Crippen molar-refractivity contribution in [3.8, 4) is 0 Å². The van der Waals surface area contributed by atoms with E-state index in [1.807, 2.05) is 47.4 Å². The van der Waals surface area contributed by atoms with Crippen molar-refractivity contribution in [3.63, 3.8) is 0 Å². The van der Waals surface area contributed by atoms with Crippen LogP contribution >= 0.6 is 0 Å². The Morgan fingerprint density at radius 1 is 0.970 bits per heavy atom. The Bertz CT molecular complexity index is 1090. The van der Waals surface area contributed by atoms with Crippen molar-refractivity contribution in [3.05, 3.63) is 71.3 Å². The Kier molecular flexibility index (Phi) is 7.14. The van der Waals surface area contributed by atoms with Crippen LogP contribution in [0.3, 0.4) is 0 Å². The van der Waals surface area contributed by atoms with Crippen molar-refractivity contribution in [2.24, 2.45) is 5.92 Å². The minimum absolute atomic E-state index is 0.0692. The van der Waals surface area contributed by atoms with E-state index in [1.54, 1.807) is 12.1 Å². The van der Waals surface area contributed by atoms with Gasteiger partial charge in [-0.1, -0.05) is 55.3 Å². The fourth-order valence-corrected chi connectivity index (χ4v) is 5.84. The molecule has 8 heteroatoms. The monoisotopic (exact) mass is 469 g/mol. The molecule has 2 N–H and O–H groups in total. The number of nitrogens with one attached hydrogen (secondary N) is 2. The van der Waals surface area contributed by atoms with Gasteiger partial charge in [-0.05, 0) is 55.5 Å². The van der Waals surface area contributed by atoms with E-state index in [0.717, 1.165) is 31.2 Å². The number of carbonyl (C=O) groups is 2. The number of hydrogen-bond acceptors (Lipinski definition) is 4. The lowest BCUT2D eigenvalue weighted by Gasteiger charge is -2.33. The molecule has 176 valence electrons. The summed E-state index contributed by atoms with van der Waals surface area (Å²) in [4.78, 5) is 28.4. The number of nitrogens with zero attached hydrogens (tertiary/aromatic N) is 1. The van der Waals surface area contributed by atoms with E-state index in [4.69, 9.17) is 0 Å². The third-order valence-corrected chi connectivity index (χ3v) is 8.14. The summed E-state index contributed by atoms with van der Waals surface area (Å²) in [6.07, 6.45) is 4.95. The Labute approximate surface area is 195 Å². The fraction of sp³-hybridized carbons (Fsp3) is 0.440. The summed E-state index contributed by atoms with van der Waals surface area (Å²) in [7, 11) is -1.93. The van der Waals surface area contributed by atoms with Crippen molar-refractivity contribution < 1.29 is 18.0 Å². The Balaban J connectivity index is 1.44. The van der Waals surface area contributed by atoms with Crippen LogP contribution < -0.4 is 10.0 Å². The summed E-state index contributed by atoms with van der Waals surface area (Å²) in [6.45, 7) is 0.330. The maximum atomic E-state index is 13.4.